The first-order valence-electron chi connectivity index (χ1n) is 7.72. The number of oxime groups is 1. The molecule has 0 radical (unpaired) electrons. The number of aromatic nitrogens is 2. The van der Waals surface area contributed by atoms with E-state index in [4.69, 9.17) is 9.57 Å². The Balaban J connectivity index is 1.89. The number of carbonyl (C=O) groups is 2. The van der Waals surface area contributed by atoms with Crippen LogP contribution >= 0.6 is 0 Å². The number of nitrogens with zero attached hydrogens (tertiary/aromatic N) is 3. The van der Waals surface area contributed by atoms with Gasteiger partial charge in [-0.3, -0.25) is 0 Å². The summed E-state index contributed by atoms with van der Waals surface area (Å²) in [4.78, 5) is 28.8. The lowest BCUT2D eigenvalue weighted by Crippen LogP contribution is -2.08. The zero-order chi connectivity index (χ0) is 18.4. The Morgan fingerprint density at radius 1 is 1.00 bits per heavy atom. The van der Waals surface area contributed by atoms with Gasteiger partial charge in [-0.15, -0.1) is 0 Å². The SMILES string of the molecule is COC(=O)c1cnn(-c2ccccc2)c1/C=N\OC(=O)c1ccccc1. The number of para-hydroxylation sites is 1. The number of benzene rings is 2. The van der Waals surface area contributed by atoms with Gasteiger partial charge >= 0.3 is 11.9 Å². The second-order valence-corrected chi connectivity index (χ2v) is 5.16. The maximum Gasteiger partial charge on any atom is 0.365 e. The number of rotatable bonds is 5. The van der Waals surface area contributed by atoms with Crippen molar-refractivity contribution < 1.29 is 19.2 Å². The van der Waals surface area contributed by atoms with Crippen LogP contribution in [0.1, 0.15) is 26.4 Å². The normalized spacial score (nSPS) is 10.7. The zero-order valence-electron chi connectivity index (χ0n) is 13.9. The number of hydrogen-bond donors (Lipinski definition) is 0. The fraction of sp³-hybridized carbons (Fsp3) is 0.0526. The smallest absolute Gasteiger partial charge is 0.365 e. The summed E-state index contributed by atoms with van der Waals surface area (Å²) in [6.07, 6.45) is 2.63. The molecule has 3 aromatic rings. The van der Waals surface area contributed by atoms with Gasteiger partial charge in [0.05, 0.1) is 30.8 Å². The lowest BCUT2D eigenvalue weighted by atomic mass is 10.2. The van der Waals surface area contributed by atoms with Crippen molar-refractivity contribution in [1.29, 1.82) is 0 Å². The van der Waals surface area contributed by atoms with E-state index in [1.165, 1.54) is 24.2 Å². The van der Waals surface area contributed by atoms with E-state index in [0.717, 1.165) is 5.69 Å². The third-order valence-corrected chi connectivity index (χ3v) is 3.53. The molecule has 0 aliphatic carbocycles. The average molecular weight is 349 g/mol. The summed E-state index contributed by atoms with van der Waals surface area (Å²) in [5, 5.41) is 7.91. The molecule has 130 valence electrons. The molecule has 7 heteroatoms. The summed E-state index contributed by atoms with van der Waals surface area (Å²) >= 11 is 0. The zero-order valence-corrected chi connectivity index (χ0v) is 13.9. The molecule has 0 aliphatic heterocycles. The minimum atomic E-state index is -0.604. The van der Waals surface area contributed by atoms with Gasteiger partial charge in [0.25, 0.3) is 0 Å². The van der Waals surface area contributed by atoms with E-state index in [9.17, 15) is 9.59 Å². The Morgan fingerprint density at radius 2 is 1.65 bits per heavy atom. The van der Waals surface area contributed by atoms with Crippen molar-refractivity contribution in [3.05, 3.63) is 83.7 Å². The van der Waals surface area contributed by atoms with Crippen LogP contribution in [0.25, 0.3) is 5.69 Å². The van der Waals surface area contributed by atoms with E-state index in [1.807, 2.05) is 30.3 Å². The van der Waals surface area contributed by atoms with Crippen molar-refractivity contribution in [1.82, 2.24) is 9.78 Å². The number of methoxy groups -OCH3 is 1. The molecule has 0 atom stereocenters. The molecular weight excluding hydrogens is 334 g/mol. The summed E-state index contributed by atoms with van der Waals surface area (Å²) in [5.74, 6) is -1.17. The molecule has 0 N–H and O–H groups in total. The van der Waals surface area contributed by atoms with Crippen LogP contribution in [0.2, 0.25) is 0 Å². The van der Waals surface area contributed by atoms with Crippen molar-refractivity contribution in [2.75, 3.05) is 7.11 Å². The number of carbonyl (C=O) groups excluding carboxylic acids is 2. The van der Waals surface area contributed by atoms with Crippen molar-refractivity contribution in [3.63, 3.8) is 0 Å². The fourth-order valence-corrected chi connectivity index (χ4v) is 2.28. The third-order valence-electron chi connectivity index (χ3n) is 3.53. The van der Waals surface area contributed by atoms with Crippen molar-refractivity contribution in [2.45, 2.75) is 0 Å². The highest BCUT2D eigenvalue weighted by molar-refractivity contribution is 5.98. The highest BCUT2D eigenvalue weighted by Crippen LogP contribution is 2.14. The summed E-state index contributed by atoms with van der Waals surface area (Å²) < 4.78 is 6.27. The van der Waals surface area contributed by atoms with E-state index in [0.29, 0.717) is 11.3 Å². The first-order chi connectivity index (χ1) is 12.7. The highest BCUT2D eigenvalue weighted by Gasteiger charge is 2.18. The standard InChI is InChI=1S/C19H15N3O4/c1-25-19(24)16-12-20-22(15-10-6-3-7-11-15)17(16)13-21-26-18(23)14-8-4-2-5-9-14/h2-13H,1H3/b21-13-. The Kier molecular flexibility index (Phi) is 5.19. The largest absolute Gasteiger partial charge is 0.465 e. The molecule has 7 nitrogen and oxygen atoms in total. The van der Waals surface area contributed by atoms with Crippen LogP contribution in [0, 0.1) is 0 Å². The van der Waals surface area contributed by atoms with Gasteiger partial charge < -0.3 is 9.57 Å². The average Bonchev–Trinajstić information content (AvgIpc) is 3.12. The van der Waals surface area contributed by atoms with Gasteiger partial charge in [-0.25, -0.2) is 14.3 Å². The first kappa shape index (κ1) is 17.1. The molecule has 0 fully saturated rings. The van der Waals surface area contributed by atoms with Gasteiger partial charge in [0.1, 0.15) is 11.3 Å². The monoisotopic (exact) mass is 349 g/mol. The Morgan fingerprint density at radius 3 is 2.31 bits per heavy atom. The molecule has 3 rings (SSSR count). The molecule has 1 aromatic heterocycles. The number of esters is 1. The van der Waals surface area contributed by atoms with Crippen LogP contribution in [0.4, 0.5) is 0 Å². The Hall–Kier alpha value is -3.74. The molecule has 0 aliphatic rings. The lowest BCUT2D eigenvalue weighted by molar-refractivity contribution is 0.0519. The molecule has 0 unspecified atom stereocenters. The van der Waals surface area contributed by atoms with E-state index >= 15 is 0 Å². The second kappa shape index (κ2) is 7.89. The molecule has 0 bridgehead atoms. The van der Waals surface area contributed by atoms with Crippen LogP contribution in [0.3, 0.4) is 0 Å². The van der Waals surface area contributed by atoms with Gasteiger partial charge in [-0.05, 0) is 24.3 Å². The van der Waals surface area contributed by atoms with Crippen LogP contribution in [0.15, 0.2) is 72.0 Å². The van der Waals surface area contributed by atoms with Crippen LogP contribution < -0.4 is 0 Å². The molecule has 1 heterocycles. The lowest BCUT2D eigenvalue weighted by Gasteiger charge is -2.05. The minimum Gasteiger partial charge on any atom is -0.465 e. The van der Waals surface area contributed by atoms with Gasteiger partial charge in [0, 0.05) is 0 Å². The summed E-state index contributed by atoms with van der Waals surface area (Å²) in [7, 11) is 1.28. The molecule has 0 amide bonds. The molecule has 0 saturated heterocycles. The van der Waals surface area contributed by atoms with Gasteiger partial charge in [-0.2, -0.15) is 5.10 Å². The highest BCUT2D eigenvalue weighted by atomic mass is 16.7. The molecular formula is C19H15N3O4. The maximum atomic E-state index is 12.0. The summed E-state index contributed by atoms with van der Waals surface area (Å²) in [6.45, 7) is 0. The molecule has 0 spiro atoms. The topological polar surface area (TPSA) is 82.8 Å². The summed E-state index contributed by atoms with van der Waals surface area (Å²) in [6, 6.07) is 17.7. The molecule has 2 aromatic carbocycles. The number of ether oxygens (including phenoxy) is 1. The predicted molar refractivity (Wildman–Crippen MR) is 94.4 cm³/mol. The molecule has 26 heavy (non-hydrogen) atoms. The predicted octanol–water partition coefficient (Wildman–Crippen LogP) is 2.85. The Bertz CT molecular complexity index is 934. The van der Waals surface area contributed by atoms with Crippen molar-refractivity contribution >= 4 is 18.2 Å². The first-order valence-corrected chi connectivity index (χ1v) is 7.72. The Labute approximate surface area is 149 Å². The third kappa shape index (κ3) is 3.67. The van der Waals surface area contributed by atoms with Crippen LogP contribution in [-0.4, -0.2) is 35.0 Å². The van der Waals surface area contributed by atoms with E-state index in [-0.39, 0.29) is 5.56 Å². The van der Waals surface area contributed by atoms with Gasteiger partial charge in [-0.1, -0.05) is 41.6 Å². The molecule has 0 saturated carbocycles. The fourth-order valence-electron chi connectivity index (χ4n) is 2.28. The van der Waals surface area contributed by atoms with Crippen LogP contribution in [0.5, 0.6) is 0 Å². The van der Waals surface area contributed by atoms with E-state index in [2.05, 4.69) is 10.3 Å². The van der Waals surface area contributed by atoms with Crippen molar-refractivity contribution in [3.8, 4) is 5.69 Å². The quantitative estimate of drug-likeness (QED) is 0.306. The minimum absolute atomic E-state index is 0.205. The van der Waals surface area contributed by atoms with Gasteiger partial charge in [0.2, 0.25) is 0 Å². The van der Waals surface area contributed by atoms with Crippen molar-refractivity contribution in [2.24, 2.45) is 5.16 Å². The number of hydrogen-bond acceptors (Lipinski definition) is 6. The van der Waals surface area contributed by atoms with Gasteiger partial charge in [0.15, 0.2) is 0 Å². The maximum absolute atomic E-state index is 12.0. The van der Waals surface area contributed by atoms with Crippen LogP contribution in [-0.2, 0) is 9.57 Å². The second-order valence-electron chi connectivity index (χ2n) is 5.16. The van der Waals surface area contributed by atoms with E-state index < -0.39 is 11.9 Å². The van der Waals surface area contributed by atoms with E-state index in [1.54, 1.807) is 30.3 Å². The summed E-state index contributed by atoms with van der Waals surface area (Å²) in [5.41, 5.74) is 1.63.